The van der Waals surface area contributed by atoms with Crippen LogP contribution in [-0.4, -0.2) is 59.2 Å². The summed E-state index contributed by atoms with van der Waals surface area (Å²) < 4.78 is 0. The van der Waals surface area contributed by atoms with Gasteiger partial charge in [-0.15, -0.1) is 0 Å². The van der Waals surface area contributed by atoms with Crippen molar-refractivity contribution in [2.75, 3.05) is 19.6 Å². The highest BCUT2D eigenvalue weighted by atomic mass is 16.2. The van der Waals surface area contributed by atoms with Gasteiger partial charge in [-0.05, 0) is 62.1 Å². The van der Waals surface area contributed by atoms with Crippen LogP contribution >= 0.6 is 0 Å². The summed E-state index contributed by atoms with van der Waals surface area (Å²) in [5.74, 6) is 0.747. The van der Waals surface area contributed by atoms with Crippen molar-refractivity contribution in [3.05, 3.63) is 34.9 Å². The molecule has 0 aromatic heterocycles. The molecule has 2 bridgehead atoms. The average Bonchev–Trinajstić information content (AvgIpc) is 2.69. The maximum atomic E-state index is 13.4. The molecule has 0 saturated carbocycles. The van der Waals surface area contributed by atoms with E-state index in [1.807, 2.05) is 36.9 Å². The van der Waals surface area contributed by atoms with E-state index in [0.29, 0.717) is 32.0 Å². The number of hydrogen-bond donors (Lipinski definition) is 1. The first kappa shape index (κ1) is 19.9. The predicted molar refractivity (Wildman–Crippen MR) is 110 cm³/mol. The Morgan fingerprint density at radius 3 is 2.69 bits per heavy atom. The SMILES string of the molecule is CC(=O)NC[C@H]1[C@H]2C[C@H](CN(C(=O)c3cccc(C)c3C)C2)[C@@H]2CCCC(=O)N21. The molecular formula is C23H31N3O3. The third kappa shape index (κ3) is 3.65. The van der Waals surface area contributed by atoms with Crippen LogP contribution in [0.1, 0.15) is 54.1 Å². The van der Waals surface area contributed by atoms with Gasteiger partial charge in [0.2, 0.25) is 11.8 Å². The average molecular weight is 398 g/mol. The first-order chi connectivity index (χ1) is 13.9. The van der Waals surface area contributed by atoms with Crippen LogP contribution in [0.2, 0.25) is 0 Å². The summed E-state index contributed by atoms with van der Waals surface area (Å²) >= 11 is 0. The number of nitrogens with zero attached hydrogens (tertiary/aromatic N) is 2. The molecule has 0 unspecified atom stereocenters. The van der Waals surface area contributed by atoms with Crippen LogP contribution in [0.25, 0.3) is 0 Å². The molecule has 4 rings (SSSR count). The molecule has 3 fully saturated rings. The molecule has 3 saturated heterocycles. The minimum absolute atomic E-state index is 0.0258. The van der Waals surface area contributed by atoms with E-state index in [1.165, 1.54) is 6.92 Å². The summed E-state index contributed by atoms with van der Waals surface area (Å²) in [6.45, 7) is 7.38. The van der Waals surface area contributed by atoms with Crippen molar-refractivity contribution in [3.8, 4) is 0 Å². The lowest BCUT2D eigenvalue weighted by Gasteiger charge is -2.56. The van der Waals surface area contributed by atoms with Gasteiger partial charge in [0, 0.05) is 44.6 Å². The Balaban J connectivity index is 1.61. The van der Waals surface area contributed by atoms with Crippen molar-refractivity contribution in [3.63, 3.8) is 0 Å². The molecule has 3 amide bonds. The summed E-state index contributed by atoms with van der Waals surface area (Å²) in [4.78, 5) is 41.8. The molecule has 6 nitrogen and oxygen atoms in total. The second-order valence-electron chi connectivity index (χ2n) is 8.98. The van der Waals surface area contributed by atoms with Crippen molar-refractivity contribution in [1.29, 1.82) is 0 Å². The van der Waals surface area contributed by atoms with Crippen LogP contribution in [0.4, 0.5) is 0 Å². The number of hydrogen-bond acceptors (Lipinski definition) is 3. The van der Waals surface area contributed by atoms with Gasteiger partial charge < -0.3 is 15.1 Å². The zero-order chi connectivity index (χ0) is 20.7. The second kappa shape index (κ2) is 7.81. The quantitative estimate of drug-likeness (QED) is 0.851. The normalized spacial score (nSPS) is 28.7. The minimum Gasteiger partial charge on any atom is -0.354 e. The lowest BCUT2D eigenvalue weighted by molar-refractivity contribution is -0.151. The van der Waals surface area contributed by atoms with Crippen molar-refractivity contribution in [2.45, 2.75) is 58.5 Å². The first-order valence-electron chi connectivity index (χ1n) is 10.8. The van der Waals surface area contributed by atoms with Crippen LogP contribution in [0.15, 0.2) is 18.2 Å². The summed E-state index contributed by atoms with van der Waals surface area (Å²) in [5.41, 5.74) is 2.94. The van der Waals surface area contributed by atoms with Crippen molar-refractivity contribution < 1.29 is 14.4 Å². The lowest BCUT2D eigenvalue weighted by atomic mass is 9.72. The molecule has 3 heterocycles. The summed E-state index contributed by atoms with van der Waals surface area (Å²) in [6.07, 6.45) is 3.52. The van der Waals surface area contributed by atoms with E-state index in [2.05, 4.69) is 10.2 Å². The maximum Gasteiger partial charge on any atom is 0.254 e. The van der Waals surface area contributed by atoms with E-state index < -0.39 is 0 Å². The van der Waals surface area contributed by atoms with Crippen molar-refractivity contribution >= 4 is 17.7 Å². The monoisotopic (exact) mass is 397 g/mol. The maximum absolute atomic E-state index is 13.4. The predicted octanol–water partition coefficient (Wildman–Crippen LogP) is 2.28. The Hall–Kier alpha value is -2.37. The molecule has 0 spiro atoms. The fourth-order valence-electron chi connectivity index (χ4n) is 5.60. The van der Waals surface area contributed by atoms with Gasteiger partial charge in [0.15, 0.2) is 0 Å². The molecule has 0 radical (unpaired) electrons. The van der Waals surface area contributed by atoms with E-state index in [0.717, 1.165) is 36.0 Å². The minimum atomic E-state index is -0.0766. The summed E-state index contributed by atoms with van der Waals surface area (Å²) in [7, 11) is 0. The van der Waals surface area contributed by atoms with Gasteiger partial charge in [0.25, 0.3) is 5.91 Å². The smallest absolute Gasteiger partial charge is 0.254 e. The highest BCUT2D eigenvalue weighted by Crippen LogP contribution is 2.41. The number of likely N-dealkylation sites (tertiary alicyclic amines) is 1. The standard InChI is InChI=1S/C23H31N3O3/c1-14-6-4-7-19(15(14)2)23(29)25-12-17-10-18(13-25)21(11-24-16(3)27)26-20(17)8-5-9-22(26)28/h4,6-7,17-18,20-21H,5,8-13H2,1-3H3,(H,24,27)/t17-,18+,20+,21+/m1/s1. The van der Waals surface area contributed by atoms with Crippen LogP contribution in [-0.2, 0) is 9.59 Å². The largest absolute Gasteiger partial charge is 0.354 e. The lowest BCUT2D eigenvalue weighted by Crippen LogP contribution is -2.67. The van der Waals surface area contributed by atoms with Gasteiger partial charge in [-0.2, -0.15) is 0 Å². The number of carbonyl (C=O) groups is 3. The fraction of sp³-hybridized carbons (Fsp3) is 0.609. The number of amides is 3. The Morgan fingerprint density at radius 2 is 1.93 bits per heavy atom. The third-order valence-corrected chi connectivity index (χ3v) is 7.18. The molecule has 1 N–H and O–H groups in total. The molecule has 0 aliphatic carbocycles. The van der Waals surface area contributed by atoms with E-state index in [1.54, 1.807) is 0 Å². The second-order valence-corrected chi connectivity index (χ2v) is 8.98. The number of benzene rings is 1. The van der Waals surface area contributed by atoms with Crippen LogP contribution < -0.4 is 5.32 Å². The van der Waals surface area contributed by atoms with Crippen LogP contribution in [0, 0.1) is 25.7 Å². The number of carbonyl (C=O) groups excluding carboxylic acids is 3. The Labute approximate surface area is 172 Å². The van der Waals surface area contributed by atoms with E-state index in [-0.39, 0.29) is 35.7 Å². The van der Waals surface area contributed by atoms with Gasteiger partial charge in [0.05, 0.1) is 6.04 Å². The molecule has 1 aromatic rings. The van der Waals surface area contributed by atoms with Gasteiger partial charge in [-0.25, -0.2) is 0 Å². The van der Waals surface area contributed by atoms with Gasteiger partial charge in [-0.3, -0.25) is 14.4 Å². The van der Waals surface area contributed by atoms with Crippen LogP contribution in [0.3, 0.4) is 0 Å². The molecule has 29 heavy (non-hydrogen) atoms. The topological polar surface area (TPSA) is 69.7 Å². The number of rotatable bonds is 3. The summed E-state index contributed by atoms with van der Waals surface area (Å²) in [5, 5.41) is 2.93. The van der Waals surface area contributed by atoms with Crippen molar-refractivity contribution in [1.82, 2.24) is 15.1 Å². The summed E-state index contributed by atoms with van der Waals surface area (Å²) in [6, 6.07) is 6.05. The Kier molecular flexibility index (Phi) is 5.36. The molecule has 1 aromatic carbocycles. The number of fused-ring (bicyclic) bond motifs is 4. The van der Waals surface area contributed by atoms with Gasteiger partial charge >= 0.3 is 0 Å². The van der Waals surface area contributed by atoms with E-state index in [9.17, 15) is 14.4 Å². The number of aryl methyl sites for hydroxylation is 1. The molecule has 3 aliphatic heterocycles. The molecular weight excluding hydrogens is 366 g/mol. The molecule has 3 aliphatic rings. The zero-order valence-electron chi connectivity index (χ0n) is 17.6. The van der Waals surface area contributed by atoms with Gasteiger partial charge in [0.1, 0.15) is 0 Å². The zero-order valence-corrected chi connectivity index (χ0v) is 17.6. The highest BCUT2D eigenvalue weighted by molar-refractivity contribution is 5.96. The number of nitrogens with one attached hydrogen (secondary N) is 1. The van der Waals surface area contributed by atoms with E-state index in [4.69, 9.17) is 0 Å². The fourth-order valence-corrected chi connectivity index (χ4v) is 5.60. The van der Waals surface area contributed by atoms with Crippen molar-refractivity contribution in [2.24, 2.45) is 11.8 Å². The molecule has 156 valence electrons. The molecule has 6 heteroatoms. The van der Waals surface area contributed by atoms with E-state index >= 15 is 0 Å². The highest BCUT2D eigenvalue weighted by Gasteiger charge is 2.50. The van der Waals surface area contributed by atoms with Crippen LogP contribution in [0.5, 0.6) is 0 Å². The Bertz CT molecular complexity index is 837. The Morgan fingerprint density at radius 1 is 1.17 bits per heavy atom. The first-order valence-corrected chi connectivity index (χ1v) is 10.8. The van der Waals surface area contributed by atoms with Gasteiger partial charge in [-0.1, -0.05) is 12.1 Å². The number of piperidine rings is 3. The third-order valence-electron chi connectivity index (χ3n) is 7.18. The molecule has 4 atom stereocenters.